The van der Waals surface area contributed by atoms with Crippen molar-refractivity contribution in [3.05, 3.63) is 60.2 Å². The third-order valence-corrected chi connectivity index (χ3v) is 6.35. The highest BCUT2D eigenvalue weighted by Gasteiger charge is 2.38. The Labute approximate surface area is 166 Å². The van der Waals surface area contributed by atoms with Crippen LogP contribution in [0, 0.1) is 5.41 Å². The minimum atomic E-state index is -0.776. The van der Waals surface area contributed by atoms with Gasteiger partial charge in [0.25, 0.3) is 0 Å². The van der Waals surface area contributed by atoms with Gasteiger partial charge in [-0.15, -0.1) is 0 Å². The molecule has 0 aromatic heterocycles. The number of likely N-dealkylation sites (tertiary alicyclic amines) is 2. The van der Waals surface area contributed by atoms with Gasteiger partial charge >= 0.3 is 6.09 Å². The molecule has 2 saturated heterocycles. The van der Waals surface area contributed by atoms with Crippen LogP contribution < -0.4 is 4.74 Å². The first-order chi connectivity index (χ1) is 13.6. The van der Waals surface area contributed by atoms with Crippen LogP contribution in [-0.4, -0.2) is 47.2 Å². The summed E-state index contributed by atoms with van der Waals surface area (Å²) in [5, 5.41) is 9.17. The van der Waals surface area contributed by atoms with E-state index in [0.717, 1.165) is 56.8 Å². The van der Waals surface area contributed by atoms with Crippen LogP contribution in [0.4, 0.5) is 4.79 Å². The number of para-hydroxylation sites is 2. The zero-order chi connectivity index (χ0) is 19.4. The van der Waals surface area contributed by atoms with E-state index in [4.69, 9.17) is 9.84 Å². The predicted octanol–water partition coefficient (Wildman–Crippen LogP) is 4.83. The Hall–Kier alpha value is -2.53. The average molecular weight is 380 g/mol. The van der Waals surface area contributed by atoms with Crippen LogP contribution in [0.1, 0.15) is 31.2 Å². The highest BCUT2D eigenvalue weighted by Crippen LogP contribution is 2.41. The molecule has 1 spiro atoms. The monoisotopic (exact) mass is 380 g/mol. The normalized spacial score (nSPS) is 19.5. The van der Waals surface area contributed by atoms with Crippen molar-refractivity contribution >= 4 is 6.09 Å². The molecule has 148 valence electrons. The van der Waals surface area contributed by atoms with Crippen molar-refractivity contribution in [2.75, 3.05) is 26.2 Å². The zero-order valence-corrected chi connectivity index (χ0v) is 16.2. The van der Waals surface area contributed by atoms with Crippen molar-refractivity contribution < 1.29 is 14.6 Å². The number of amides is 1. The third-order valence-electron chi connectivity index (χ3n) is 6.35. The first kappa shape index (κ1) is 18.8. The lowest BCUT2D eigenvalue weighted by Crippen LogP contribution is -2.47. The highest BCUT2D eigenvalue weighted by atomic mass is 16.5. The summed E-state index contributed by atoms with van der Waals surface area (Å²) in [7, 11) is 0. The summed E-state index contributed by atoms with van der Waals surface area (Å²) in [6.45, 7) is 4.38. The smallest absolute Gasteiger partial charge is 0.407 e. The van der Waals surface area contributed by atoms with Gasteiger partial charge in [-0.25, -0.2) is 4.79 Å². The highest BCUT2D eigenvalue weighted by molar-refractivity contribution is 5.65. The molecule has 5 heteroatoms. The number of piperidine rings is 2. The van der Waals surface area contributed by atoms with Gasteiger partial charge in [0.2, 0.25) is 0 Å². The lowest BCUT2D eigenvalue weighted by atomic mass is 9.71. The van der Waals surface area contributed by atoms with Crippen molar-refractivity contribution in [3.63, 3.8) is 0 Å². The number of rotatable bonds is 4. The topological polar surface area (TPSA) is 53.0 Å². The van der Waals surface area contributed by atoms with Gasteiger partial charge in [0.15, 0.2) is 0 Å². The van der Waals surface area contributed by atoms with E-state index in [1.54, 1.807) is 4.90 Å². The van der Waals surface area contributed by atoms with Gasteiger partial charge in [-0.05, 0) is 62.4 Å². The van der Waals surface area contributed by atoms with E-state index in [1.807, 2.05) is 42.5 Å². The van der Waals surface area contributed by atoms with Gasteiger partial charge in [0, 0.05) is 25.2 Å². The summed E-state index contributed by atoms with van der Waals surface area (Å²) in [5.74, 6) is 1.78. The molecule has 0 unspecified atom stereocenters. The molecule has 0 atom stereocenters. The van der Waals surface area contributed by atoms with Crippen molar-refractivity contribution in [1.82, 2.24) is 9.80 Å². The molecule has 2 aliphatic heterocycles. The van der Waals surface area contributed by atoms with Gasteiger partial charge in [-0.3, -0.25) is 4.90 Å². The maximum atomic E-state index is 11.1. The molecule has 1 amide bonds. The number of hydrogen-bond acceptors (Lipinski definition) is 3. The van der Waals surface area contributed by atoms with Gasteiger partial charge in [-0.2, -0.15) is 0 Å². The second-order valence-corrected chi connectivity index (χ2v) is 8.07. The van der Waals surface area contributed by atoms with Gasteiger partial charge < -0.3 is 14.7 Å². The quantitative estimate of drug-likeness (QED) is 0.825. The molecule has 1 N–H and O–H groups in total. The molecule has 0 bridgehead atoms. The van der Waals surface area contributed by atoms with Crippen LogP contribution in [-0.2, 0) is 6.54 Å². The Morgan fingerprint density at radius 1 is 0.893 bits per heavy atom. The van der Waals surface area contributed by atoms with E-state index in [9.17, 15) is 4.79 Å². The standard InChI is InChI=1S/C23H28N2O3/c26-22(27)25-16-12-23(13-17-25)10-14-24(15-11-23)18-19-6-4-5-9-21(19)28-20-7-2-1-3-8-20/h1-9H,10-18H2,(H,26,27). The molecule has 0 saturated carbocycles. The molecular weight excluding hydrogens is 352 g/mol. The molecule has 28 heavy (non-hydrogen) atoms. The Kier molecular flexibility index (Phi) is 5.53. The van der Waals surface area contributed by atoms with E-state index in [1.165, 1.54) is 5.56 Å². The second kappa shape index (κ2) is 8.23. The fraction of sp³-hybridized carbons (Fsp3) is 0.435. The lowest BCUT2D eigenvalue weighted by Gasteiger charge is -2.46. The first-order valence-corrected chi connectivity index (χ1v) is 10.1. The number of ether oxygens (including phenoxy) is 1. The molecular formula is C23H28N2O3. The van der Waals surface area contributed by atoms with Crippen LogP contribution in [0.2, 0.25) is 0 Å². The van der Waals surface area contributed by atoms with E-state index >= 15 is 0 Å². The maximum Gasteiger partial charge on any atom is 0.407 e. The summed E-state index contributed by atoms with van der Waals surface area (Å²) in [5.41, 5.74) is 1.55. The van der Waals surface area contributed by atoms with Crippen molar-refractivity contribution in [2.45, 2.75) is 32.2 Å². The fourth-order valence-corrected chi connectivity index (χ4v) is 4.45. The Morgan fingerprint density at radius 2 is 1.50 bits per heavy atom. The van der Waals surface area contributed by atoms with Gasteiger partial charge in [-0.1, -0.05) is 36.4 Å². The molecule has 0 radical (unpaired) electrons. The average Bonchev–Trinajstić information content (AvgIpc) is 2.72. The number of hydrogen-bond donors (Lipinski definition) is 1. The van der Waals surface area contributed by atoms with Crippen molar-refractivity contribution in [1.29, 1.82) is 0 Å². The van der Waals surface area contributed by atoms with E-state index in [0.29, 0.717) is 18.5 Å². The van der Waals surface area contributed by atoms with Crippen LogP contribution >= 0.6 is 0 Å². The van der Waals surface area contributed by atoms with Crippen molar-refractivity contribution in [2.24, 2.45) is 5.41 Å². The Bertz CT molecular complexity index is 791. The maximum absolute atomic E-state index is 11.1. The summed E-state index contributed by atoms with van der Waals surface area (Å²) < 4.78 is 6.11. The minimum absolute atomic E-state index is 0.336. The third kappa shape index (κ3) is 4.30. The van der Waals surface area contributed by atoms with Gasteiger partial charge in [0.1, 0.15) is 11.5 Å². The number of nitrogens with zero attached hydrogens (tertiary/aromatic N) is 2. The molecule has 2 aliphatic rings. The Balaban J connectivity index is 1.35. The van der Waals surface area contributed by atoms with E-state index in [-0.39, 0.29) is 0 Å². The zero-order valence-electron chi connectivity index (χ0n) is 16.2. The summed E-state index contributed by atoms with van der Waals surface area (Å²) in [6.07, 6.45) is 3.54. The van der Waals surface area contributed by atoms with Crippen molar-refractivity contribution in [3.8, 4) is 11.5 Å². The predicted molar refractivity (Wildman–Crippen MR) is 109 cm³/mol. The molecule has 4 rings (SSSR count). The molecule has 0 aliphatic carbocycles. The molecule has 2 aromatic carbocycles. The Morgan fingerprint density at radius 3 is 2.18 bits per heavy atom. The second-order valence-electron chi connectivity index (χ2n) is 8.07. The van der Waals surface area contributed by atoms with E-state index in [2.05, 4.69) is 17.0 Å². The summed E-state index contributed by atoms with van der Waals surface area (Å²) in [6, 6.07) is 18.2. The van der Waals surface area contributed by atoms with Crippen LogP contribution in [0.15, 0.2) is 54.6 Å². The summed E-state index contributed by atoms with van der Waals surface area (Å²) in [4.78, 5) is 15.2. The molecule has 5 nitrogen and oxygen atoms in total. The molecule has 2 heterocycles. The summed E-state index contributed by atoms with van der Waals surface area (Å²) >= 11 is 0. The number of benzene rings is 2. The van der Waals surface area contributed by atoms with Crippen LogP contribution in [0.25, 0.3) is 0 Å². The van der Waals surface area contributed by atoms with Crippen LogP contribution in [0.3, 0.4) is 0 Å². The lowest BCUT2D eigenvalue weighted by molar-refractivity contribution is 0.0339. The fourth-order valence-electron chi connectivity index (χ4n) is 4.45. The largest absolute Gasteiger partial charge is 0.465 e. The van der Waals surface area contributed by atoms with E-state index < -0.39 is 6.09 Å². The molecule has 2 fully saturated rings. The number of carbonyl (C=O) groups is 1. The minimum Gasteiger partial charge on any atom is -0.465 e. The van der Waals surface area contributed by atoms with Gasteiger partial charge in [0.05, 0.1) is 0 Å². The van der Waals surface area contributed by atoms with Crippen LogP contribution in [0.5, 0.6) is 11.5 Å². The molecule has 2 aromatic rings. The first-order valence-electron chi connectivity index (χ1n) is 10.1. The SMILES string of the molecule is O=C(O)N1CCC2(CCN(Cc3ccccc3Oc3ccccc3)CC2)CC1. The number of carboxylic acid groups (broad SMARTS) is 1.